The van der Waals surface area contributed by atoms with Crippen molar-refractivity contribution in [1.82, 2.24) is 10.2 Å². The maximum absolute atomic E-state index is 13.1. The number of carbonyl (C=O) groups excluding carboxylic acids is 2. The minimum atomic E-state index is 0.0555. The van der Waals surface area contributed by atoms with Crippen LogP contribution in [0.3, 0.4) is 0 Å². The summed E-state index contributed by atoms with van der Waals surface area (Å²) < 4.78 is 5.49. The molecule has 23 heavy (non-hydrogen) atoms. The summed E-state index contributed by atoms with van der Waals surface area (Å²) in [4.78, 5) is 26.4. The zero-order valence-corrected chi connectivity index (χ0v) is 13.8. The number of fused-ring (bicyclic) bond motifs is 1. The normalized spacial score (nSPS) is 20.3. The van der Waals surface area contributed by atoms with Crippen molar-refractivity contribution in [2.45, 2.75) is 51.8 Å². The van der Waals surface area contributed by atoms with Crippen LogP contribution in [0.2, 0.25) is 0 Å². The fraction of sp³-hybridized carbons (Fsp3) is 0.556. The Balaban J connectivity index is 1.82. The largest absolute Gasteiger partial charge is 0.376 e. The van der Waals surface area contributed by atoms with E-state index in [1.54, 1.807) is 0 Å². The molecule has 0 bridgehead atoms. The van der Waals surface area contributed by atoms with Crippen LogP contribution in [0, 0.1) is 0 Å². The standard InChI is InChI=1S/C18H24N2O3/c1-12(2)20(10-14-6-7-17(21)19-14)18(22)16-5-3-4-13-11-23-9-8-15(13)16/h3-5,12,14H,6-11H2,1-2H3,(H,19,21). The third kappa shape index (κ3) is 3.39. The number of hydrogen-bond donors (Lipinski definition) is 1. The Labute approximate surface area is 137 Å². The molecule has 1 aromatic rings. The van der Waals surface area contributed by atoms with Crippen LogP contribution in [-0.2, 0) is 22.6 Å². The third-order valence-corrected chi connectivity index (χ3v) is 4.64. The zero-order valence-electron chi connectivity index (χ0n) is 13.8. The fourth-order valence-electron chi connectivity index (χ4n) is 3.36. The van der Waals surface area contributed by atoms with Crippen molar-refractivity contribution in [2.24, 2.45) is 0 Å². The maximum atomic E-state index is 13.1. The Morgan fingerprint density at radius 1 is 1.39 bits per heavy atom. The van der Waals surface area contributed by atoms with Crippen LogP contribution in [0.5, 0.6) is 0 Å². The molecule has 3 rings (SSSR count). The van der Waals surface area contributed by atoms with Crippen molar-refractivity contribution in [3.63, 3.8) is 0 Å². The monoisotopic (exact) mass is 316 g/mol. The second kappa shape index (κ2) is 6.71. The Hall–Kier alpha value is -1.88. The highest BCUT2D eigenvalue weighted by molar-refractivity contribution is 5.96. The first-order valence-corrected chi connectivity index (χ1v) is 8.35. The number of nitrogens with zero attached hydrogens (tertiary/aromatic N) is 1. The van der Waals surface area contributed by atoms with Gasteiger partial charge in [0.05, 0.1) is 13.2 Å². The van der Waals surface area contributed by atoms with E-state index in [0.29, 0.717) is 26.2 Å². The van der Waals surface area contributed by atoms with Crippen molar-refractivity contribution in [3.8, 4) is 0 Å². The topological polar surface area (TPSA) is 58.6 Å². The molecule has 2 aliphatic heterocycles. The summed E-state index contributed by atoms with van der Waals surface area (Å²) >= 11 is 0. The number of carbonyl (C=O) groups is 2. The first-order valence-electron chi connectivity index (χ1n) is 8.35. The molecule has 2 aliphatic rings. The number of amides is 2. The average Bonchev–Trinajstić information content (AvgIpc) is 2.96. The van der Waals surface area contributed by atoms with Gasteiger partial charge in [-0.25, -0.2) is 0 Å². The second-order valence-corrected chi connectivity index (χ2v) is 6.60. The summed E-state index contributed by atoms with van der Waals surface area (Å²) in [5.74, 6) is 0.139. The van der Waals surface area contributed by atoms with E-state index in [1.807, 2.05) is 36.9 Å². The Bertz CT molecular complexity index is 612. The molecule has 1 saturated heterocycles. The molecule has 5 heteroatoms. The predicted octanol–water partition coefficient (Wildman–Crippen LogP) is 1.89. The van der Waals surface area contributed by atoms with Gasteiger partial charge in [-0.15, -0.1) is 0 Å². The molecule has 1 aromatic carbocycles. The molecule has 1 unspecified atom stereocenters. The van der Waals surface area contributed by atoms with Crippen molar-refractivity contribution in [1.29, 1.82) is 0 Å². The van der Waals surface area contributed by atoms with E-state index in [1.165, 1.54) is 0 Å². The Kier molecular flexibility index (Phi) is 4.66. The fourth-order valence-corrected chi connectivity index (χ4v) is 3.36. The molecule has 0 radical (unpaired) electrons. The molecule has 0 saturated carbocycles. The molecule has 124 valence electrons. The number of nitrogens with one attached hydrogen (secondary N) is 1. The van der Waals surface area contributed by atoms with Gasteiger partial charge in [0.15, 0.2) is 0 Å². The van der Waals surface area contributed by atoms with E-state index >= 15 is 0 Å². The van der Waals surface area contributed by atoms with Gasteiger partial charge in [-0.2, -0.15) is 0 Å². The van der Waals surface area contributed by atoms with Crippen LogP contribution in [0.25, 0.3) is 0 Å². The molecule has 2 amide bonds. The van der Waals surface area contributed by atoms with Gasteiger partial charge in [-0.1, -0.05) is 12.1 Å². The van der Waals surface area contributed by atoms with Crippen LogP contribution in [0.4, 0.5) is 0 Å². The molecule has 0 aromatic heterocycles. The van der Waals surface area contributed by atoms with Crippen LogP contribution in [-0.4, -0.2) is 41.9 Å². The average molecular weight is 316 g/mol. The predicted molar refractivity (Wildman–Crippen MR) is 87.1 cm³/mol. The van der Waals surface area contributed by atoms with Crippen LogP contribution in [0.15, 0.2) is 18.2 Å². The number of hydrogen-bond acceptors (Lipinski definition) is 3. The van der Waals surface area contributed by atoms with E-state index < -0.39 is 0 Å². The summed E-state index contributed by atoms with van der Waals surface area (Å²) in [6.07, 6.45) is 2.14. The molecule has 0 spiro atoms. The lowest BCUT2D eigenvalue weighted by Crippen LogP contribution is -2.45. The van der Waals surface area contributed by atoms with Crippen LogP contribution >= 0.6 is 0 Å². The quantitative estimate of drug-likeness (QED) is 0.923. The smallest absolute Gasteiger partial charge is 0.254 e. The maximum Gasteiger partial charge on any atom is 0.254 e. The van der Waals surface area contributed by atoms with E-state index in [0.717, 1.165) is 29.5 Å². The molecule has 1 N–H and O–H groups in total. The highest BCUT2D eigenvalue weighted by atomic mass is 16.5. The molecule has 0 aliphatic carbocycles. The summed E-state index contributed by atoms with van der Waals surface area (Å²) in [5.41, 5.74) is 3.01. The van der Waals surface area contributed by atoms with Gasteiger partial charge in [-0.05, 0) is 43.9 Å². The minimum absolute atomic E-state index is 0.0555. The first-order chi connectivity index (χ1) is 11.1. The second-order valence-electron chi connectivity index (χ2n) is 6.60. The molecule has 5 nitrogen and oxygen atoms in total. The van der Waals surface area contributed by atoms with E-state index in [2.05, 4.69) is 5.32 Å². The zero-order chi connectivity index (χ0) is 16.4. The highest BCUT2D eigenvalue weighted by Crippen LogP contribution is 2.23. The van der Waals surface area contributed by atoms with Crippen molar-refractivity contribution >= 4 is 11.8 Å². The number of rotatable bonds is 4. The van der Waals surface area contributed by atoms with Gasteiger partial charge in [-0.3, -0.25) is 9.59 Å². The summed E-state index contributed by atoms with van der Waals surface area (Å²) in [6, 6.07) is 6.03. The molecule has 1 atom stereocenters. The van der Waals surface area contributed by atoms with Gasteiger partial charge in [0.1, 0.15) is 0 Å². The minimum Gasteiger partial charge on any atom is -0.376 e. The van der Waals surface area contributed by atoms with Crippen LogP contribution in [0.1, 0.15) is 48.2 Å². The van der Waals surface area contributed by atoms with Gasteiger partial charge in [0, 0.05) is 30.6 Å². The lowest BCUT2D eigenvalue weighted by atomic mass is 9.96. The summed E-state index contributed by atoms with van der Waals surface area (Å²) in [6.45, 7) is 5.86. The van der Waals surface area contributed by atoms with Gasteiger partial charge in [0.2, 0.25) is 5.91 Å². The van der Waals surface area contributed by atoms with E-state index in [4.69, 9.17) is 4.74 Å². The third-order valence-electron chi connectivity index (χ3n) is 4.64. The van der Waals surface area contributed by atoms with Crippen LogP contribution < -0.4 is 5.32 Å². The SMILES string of the molecule is CC(C)N(CC1CCC(=O)N1)C(=O)c1cccc2c1CCOC2. The first kappa shape index (κ1) is 16.0. The lowest BCUT2D eigenvalue weighted by molar-refractivity contribution is -0.119. The molecular formula is C18H24N2O3. The van der Waals surface area contributed by atoms with Crippen molar-refractivity contribution in [2.75, 3.05) is 13.2 Å². The Morgan fingerprint density at radius 2 is 2.22 bits per heavy atom. The van der Waals surface area contributed by atoms with Crippen molar-refractivity contribution < 1.29 is 14.3 Å². The number of benzene rings is 1. The number of ether oxygens (including phenoxy) is 1. The summed E-state index contributed by atoms with van der Waals surface area (Å²) in [7, 11) is 0. The highest BCUT2D eigenvalue weighted by Gasteiger charge is 2.29. The molecule has 2 heterocycles. The van der Waals surface area contributed by atoms with Gasteiger partial charge >= 0.3 is 0 Å². The van der Waals surface area contributed by atoms with E-state index in [-0.39, 0.29) is 23.9 Å². The van der Waals surface area contributed by atoms with Crippen molar-refractivity contribution in [3.05, 3.63) is 34.9 Å². The Morgan fingerprint density at radius 3 is 2.91 bits per heavy atom. The van der Waals surface area contributed by atoms with Gasteiger partial charge in [0.25, 0.3) is 5.91 Å². The summed E-state index contributed by atoms with van der Waals surface area (Å²) in [5, 5.41) is 2.96. The van der Waals surface area contributed by atoms with Gasteiger partial charge < -0.3 is 15.0 Å². The lowest BCUT2D eigenvalue weighted by Gasteiger charge is -2.31. The van der Waals surface area contributed by atoms with E-state index in [9.17, 15) is 9.59 Å². The molecular weight excluding hydrogens is 292 g/mol. The molecule has 1 fully saturated rings.